The van der Waals surface area contributed by atoms with Gasteiger partial charge in [-0.3, -0.25) is 0 Å². The van der Waals surface area contributed by atoms with Crippen molar-refractivity contribution in [3.05, 3.63) is 59.7 Å². The van der Waals surface area contributed by atoms with E-state index >= 15 is 0 Å². The Morgan fingerprint density at radius 3 is 2.58 bits per heavy atom. The molecule has 0 heterocycles. The first-order valence-electron chi connectivity index (χ1n) is 6.27. The zero-order valence-electron chi connectivity index (χ0n) is 10.7. The topological polar surface area (TPSA) is 58.3 Å². The summed E-state index contributed by atoms with van der Waals surface area (Å²) in [6.45, 7) is 0.644. The van der Waals surface area contributed by atoms with Crippen molar-refractivity contribution in [2.75, 3.05) is 24.2 Å². The largest absolute Gasteiger partial charge is 0.398 e. The minimum absolute atomic E-state index is 0.111. The van der Waals surface area contributed by atoms with Crippen molar-refractivity contribution in [1.29, 1.82) is 0 Å². The fourth-order valence-electron chi connectivity index (χ4n) is 1.78. The van der Waals surface area contributed by atoms with E-state index in [1.165, 1.54) is 0 Å². The Kier molecular flexibility index (Phi) is 4.59. The molecule has 0 aliphatic heterocycles. The molecule has 0 saturated carbocycles. The lowest BCUT2D eigenvalue weighted by molar-refractivity contribution is 0.311. The fourth-order valence-corrected chi connectivity index (χ4v) is 1.78. The summed E-state index contributed by atoms with van der Waals surface area (Å²) in [5.41, 5.74) is 9.75. The molecular formula is C16H18N2O. The molecule has 0 fully saturated rings. The van der Waals surface area contributed by atoms with Gasteiger partial charge in [-0.1, -0.05) is 42.5 Å². The molecule has 0 spiro atoms. The van der Waals surface area contributed by atoms with E-state index in [9.17, 15) is 0 Å². The SMILES string of the molecule is Nc1ccc(NCCO)cc1/C=C/c1ccccc1. The summed E-state index contributed by atoms with van der Waals surface area (Å²) >= 11 is 0. The highest BCUT2D eigenvalue weighted by Crippen LogP contribution is 2.20. The lowest BCUT2D eigenvalue weighted by Crippen LogP contribution is -2.05. The maximum Gasteiger partial charge on any atom is 0.0604 e. The number of hydrogen-bond acceptors (Lipinski definition) is 3. The minimum atomic E-state index is 0.111. The Hall–Kier alpha value is -2.26. The molecule has 0 aliphatic rings. The van der Waals surface area contributed by atoms with E-state index in [2.05, 4.69) is 5.32 Å². The second-order valence-corrected chi connectivity index (χ2v) is 4.24. The number of anilines is 2. The number of nitrogens with two attached hydrogens (primary N) is 1. The molecule has 0 radical (unpaired) electrons. The summed E-state index contributed by atoms with van der Waals surface area (Å²) in [7, 11) is 0. The first-order valence-corrected chi connectivity index (χ1v) is 6.27. The quantitative estimate of drug-likeness (QED) is 0.568. The number of aliphatic hydroxyl groups is 1. The maximum absolute atomic E-state index is 8.80. The van der Waals surface area contributed by atoms with Gasteiger partial charge < -0.3 is 16.2 Å². The van der Waals surface area contributed by atoms with E-state index < -0.39 is 0 Å². The lowest BCUT2D eigenvalue weighted by atomic mass is 10.1. The van der Waals surface area contributed by atoms with Gasteiger partial charge in [-0.05, 0) is 29.3 Å². The van der Waals surface area contributed by atoms with Crippen LogP contribution in [0.5, 0.6) is 0 Å². The van der Waals surface area contributed by atoms with Crippen LogP contribution in [-0.2, 0) is 0 Å². The Morgan fingerprint density at radius 1 is 1.05 bits per heavy atom. The highest BCUT2D eigenvalue weighted by molar-refractivity contribution is 5.77. The monoisotopic (exact) mass is 254 g/mol. The van der Waals surface area contributed by atoms with Crippen molar-refractivity contribution in [2.24, 2.45) is 0 Å². The van der Waals surface area contributed by atoms with Crippen molar-refractivity contribution in [3.63, 3.8) is 0 Å². The van der Waals surface area contributed by atoms with Crippen LogP contribution in [0.15, 0.2) is 48.5 Å². The molecule has 98 valence electrons. The third-order valence-electron chi connectivity index (χ3n) is 2.78. The summed E-state index contributed by atoms with van der Waals surface area (Å²) in [6.07, 6.45) is 4.02. The Bertz CT molecular complexity index is 550. The number of hydrogen-bond donors (Lipinski definition) is 3. The van der Waals surface area contributed by atoms with Crippen molar-refractivity contribution in [1.82, 2.24) is 0 Å². The van der Waals surface area contributed by atoms with Gasteiger partial charge in [-0.15, -0.1) is 0 Å². The van der Waals surface area contributed by atoms with Gasteiger partial charge in [-0.25, -0.2) is 0 Å². The van der Waals surface area contributed by atoms with Crippen LogP contribution in [0.3, 0.4) is 0 Å². The average molecular weight is 254 g/mol. The fraction of sp³-hybridized carbons (Fsp3) is 0.125. The molecule has 0 bridgehead atoms. The summed E-state index contributed by atoms with van der Waals surface area (Å²) in [4.78, 5) is 0. The van der Waals surface area contributed by atoms with Crippen LogP contribution in [0.4, 0.5) is 11.4 Å². The number of nitrogens with one attached hydrogen (secondary N) is 1. The molecule has 0 atom stereocenters. The van der Waals surface area contributed by atoms with Crippen LogP contribution in [0.1, 0.15) is 11.1 Å². The first-order chi connectivity index (χ1) is 9.29. The van der Waals surface area contributed by atoms with Crippen LogP contribution >= 0.6 is 0 Å². The molecule has 2 rings (SSSR count). The molecule has 0 aliphatic carbocycles. The van der Waals surface area contributed by atoms with E-state index in [0.717, 1.165) is 22.5 Å². The molecule has 19 heavy (non-hydrogen) atoms. The molecular weight excluding hydrogens is 236 g/mol. The molecule has 2 aromatic rings. The van der Waals surface area contributed by atoms with Gasteiger partial charge in [0, 0.05) is 17.9 Å². The van der Waals surface area contributed by atoms with Gasteiger partial charge in [0.15, 0.2) is 0 Å². The van der Waals surface area contributed by atoms with Crippen molar-refractivity contribution < 1.29 is 5.11 Å². The van der Waals surface area contributed by atoms with E-state index in [1.54, 1.807) is 0 Å². The highest BCUT2D eigenvalue weighted by atomic mass is 16.3. The molecule has 3 nitrogen and oxygen atoms in total. The van der Waals surface area contributed by atoms with Crippen molar-refractivity contribution in [3.8, 4) is 0 Å². The second kappa shape index (κ2) is 6.61. The predicted octanol–water partition coefficient (Wildman–Crippen LogP) is 2.84. The van der Waals surface area contributed by atoms with Crippen LogP contribution in [0, 0.1) is 0 Å². The number of nitrogen functional groups attached to an aromatic ring is 1. The summed E-state index contributed by atoms with van der Waals surface area (Å²) in [5.74, 6) is 0. The Morgan fingerprint density at radius 2 is 1.84 bits per heavy atom. The van der Waals surface area contributed by atoms with Gasteiger partial charge in [0.2, 0.25) is 0 Å². The summed E-state index contributed by atoms with van der Waals surface area (Å²) < 4.78 is 0. The lowest BCUT2D eigenvalue weighted by Gasteiger charge is -2.07. The third-order valence-corrected chi connectivity index (χ3v) is 2.78. The average Bonchev–Trinajstić information content (AvgIpc) is 2.46. The zero-order chi connectivity index (χ0) is 13.5. The van der Waals surface area contributed by atoms with Gasteiger partial charge in [0.05, 0.1) is 6.61 Å². The van der Waals surface area contributed by atoms with Gasteiger partial charge >= 0.3 is 0 Å². The van der Waals surface area contributed by atoms with E-state index in [0.29, 0.717) is 6.54 Å². The molecule has 3 heteroatoms. The summed E-state index contributed by atoms with van der Waals surface area (Å²) in [6, 6.07) is 15.8. The van der Waals surface area contributed by atoms with Crippen LogP contribution in [0.2, 0.25) is 0 Å². The van der Waals surface area contributed by atoms with Crippen molar-refractivity contribution in [2.45, 2.75) is 0 Å². The third kappa shape index (κ3) is 3.86. The van der Waals surface area contributed by atoms with E-state index in [4.69, 9.17) is 10.8 Å². The van der Waals surface area contributed by atoms with Gasteiger partial charge in [0.25, 0.3) is 0 Å². The number of aliphatic hydroxyl groups excluding tert-OH is 1. The normalized spacial score (nSPS) is 10.8. The van der Waals surface area contributed by atoms with Crippen LogP contribution in [-0.4, -0.2) is 18.3 Å². The smallest absolute Gasteiger partial charge is 0.0604 e. The Labute approximate surface area is 113 Å². The molecule has 0 saturated heterocycles. The van der Waals surface area contributed by atoms with Crippen LogP contribution in [0.25, 0.3) is 12.2 Å². The number of rotatable bonds is 5. The first kappa shape index (κ1) is 13.2. The van der Waals surface area contributed by atoms with Gasteiger partial charge in [0.1, 0.15) is 0 Å². The molecule has 0 amide bonds. The van der Waals surface area contributed by atoms with E-state index in [1.807, 2.05) is 60.7 Å². The molecule has 0 aromatic heterocycles. The van der Waals surface area contributed by atoms with E-state index in [-0.39, 0.29) is 6.61 Å². The summed E-state index contributed by atoms with van der Waals surface area (Å²) in [5, 5.41) is 11.9. The Balaban J connectivity index is 2.17. The molecule has 2 aromatic carbocycles. The zero-order valence-corrected chi connectivity index (χ0v) is 10.7. The minimum Gasteiger partial charge on any atom is -0.398 e. The second-order valence-electron chi connectivity index (χ2n) is 4.24. The maximum atomic E-state index is 8.80. The molecule has 4 N–H and O–H groups in total. The highest BCUT2D eigenvalue weighted by Gasteiger charge is 1.98. The molecule has 0 unspecified atom stereocenters. The predicted molar refractivity (Wildman–Crippen MR) is 81.8 cm³/mol. The van der Waals surface area contributed by atoms with Gasteiger partial charge in [-0.2, -0.15) is 0 Å². The number of benzene rings is 2. The van der Waals surface area contributed by atoms with Crippen LogP contribution < -0.4 is 11.1 Å². The standard InChI is InChI=1S/C16H18N2O/c17-16-9-8-15(18-10-11-19)12-14(16)7-6-13-4-2-1-3-5-13/h1-9,12,18-19H,10-11,17H2/b7-6+. The van der Waals surface area contributed by atoms with Crippen molar-refractivity contribution >= 4 is 23.5 Å².